The predicted octanol–water partition coefficient (Wildman–Crippen LogP) is 1.94. The van der Waals surface area contributed by atoms with Crippen LogP contribution in [0.5, 0.6) is 0 Å². The van der Waals surface area contributed by atoms with Crippen LogP contribution in [0.15, 0.2) is 6.20 Å². The van der Waals surface area contributed by atoms with Crippen molar-refractivity contribution >= 4 is 11.3 Å². The average molecular weight is 184 g/mol. The van der Waals surface area contributed by atoms with Crippen molar-refractivity contribution < 1.29 is 0 Å². The first kappa shape index (κ1) is 9.68. The second kappa shape index (κ2) is 3.54. The van der Waals surface area contributed by atoms with Gasteiger partial charge in [0, 0.05) is 17.5 Å². The molecule has 1 rings (SSSR count). The van der Waals surface area contributed by atoms with Gasteiger partial charge in [-0.1, -0.05) is 20.8 Å². The molecule has 1 heterocycles. The number of rotatable bonds is 2. The van der Waals surface area contributed by atoms with Gasteiger partial charge in [0.05, 0.1) is 5.01 Å². The fourth-order valence-electron chi connectivity index (χ4n) is 0.896. The molecule has 0 unspecified atom stereocenters. The Hall–Kier alpha value is -0.410. The SMILES string of the molecule is CC(C)(C)c1cnc(CCN)s1. The van der Waals surface area contributed by atoms with E-state index in [2.05, 4.69) is 25.8 Å². The molecule has 0 spiro atoms. The molecule has 1 aromatic rings. The quantitative estimate of drug-likeness (QED) is 0.763. The minimum Gasteiger partial charge on any atom is -0.330 e. The highest BCUT2D eigenvalue weighted by Gasteiger charge is 2.16. The predicted molar refractivity (Wildman–Crippen MR) is 53.6 cm³/mol. The van der Waals surface area contributed by atoms with Crippen LogP contribution in [-0.2, 0) is 11.8 Å². The van der Waals surface area contributed by atoms with Gasteiger partial charge in [0.25, 0.3) is 0 Å². The monoisotopic (exact) mass is 184 g/mol. The van der Waals surface area contributed by atoms with E-state index in [1.807, 2.05) is 6.20 Å². The molecule has 0 aliphatic carbocycles. The van der Waals surface area contributed by atoms with Crippen molar-refractivity contribution in [1.82, 2.24) is 4.98 Å². The Morgan fingerprint density at radius 1 is 1.50 bits per heavy atom. The fourth-order valence-corrected chi connectivity index (χ4v) is 1.89. The second-order valence-electron chi connectivity index (χ2n) is 3.91. The molecule has 0 saturated heterocycles. The van der Waals surface area contributed by atoms with Crippen molar-refractivity contribution in [3.05, 3.63) is 16.1 Å². The number of hydrogen-bond donors (Lipinski definition) is 1. The first-order chi connectivity index (χ1) is 5.54. The maximum Gasteiger partial charge on any atom is 0.0940 e. The van der Waals surface area contributed by atoms with Crippen molar-refractivity contribution in [3.8, 4) is 0 Å². The molecule has 0 aromatic carbocycles. The zero-order chi connectivity index (χ0) is 9.19. The summed E-state index contributed by atoms with van der Waals surface area (Å²) in [7, 11) is 0. The van der Waals surface area contributed by atoms with E-state index in [0.717, 1.165) is 11.4 Å². The van der Waals surface area contributed by atoms with Gasteiger partial charge in [-0.2, -0.15) is 0 Å². The summed E-state index contributed by atoms with van der Waals surface area (Å²) in [6, 6.07) is 0. The van der Waals surface area contributed by atoms with Gasteiger partial charge in [-0.25, -0.2) is 4.98 Å². The van der Waals surface area contributed by atoms with Crippen molar-refractivity contribution in [2.24, 2.45) is 5.73 Å². The summed E-state index contributed by atoms with van der Waals surface area (Å²) < 4.78 is 0. The number of thiazole rings is 1. The number of hydrogen-bond acceptors (Lipinski definition) is 3. The third kappa shape index (κ3) is 2.29. The van der Waals surface area contributed by atoms with Gasteiger partial charge < -0.3 is 5.73 Å². The molecule has 68 valence electrons. The molecule has 0 aliphatic heterocycles. The molecule has 0 aliphatic rings. The molecule has 0 atom stereocenters. The first-order valence-electron chi connectivity index (χ1n) is 4.19. The third-order valence-corrected chi connectivity index (χ3v) is 3.13. The highest BCUT2D eigenvalue weighted by molar-refractivity contribution is 7.11. The maximum absolute atomic E-state index is 5.45. The Bertz CT molecular complexity index is 247. The van der Waals surface area contributed by atoms with E-state index in [4.69, 9.17) is 5.73 Å². The van der Waals surface area contributed by atoms with Crippen molar-refractivity contribution in [1.29, 1.82) is 0 Å². The van der Waals surface area contributed by atoms with Gasteiger partial charge in [0.15, 0.2) is 0 Å². The van der Waals surface area contributed by atoms with Crippen LogP contribution >= 0.6 is 11.3 Å². The minimum absolute atomic E-state index is 0.227. The summed E-state index contributed by atoms with van der Waals surface area (Å²) >= 11 is 1.77. The standard InChI is InChI=1S/C9H16N2S/c1-9(2,3)7-6-11-8(12-7)4-5-10/h6H,4-5,10H2,1-3H3. The Labute approximate surface area is 77.8 Å². The van der Waals surface area contributed by atoms with Crippen LogP contribution in [0.1, 0.15) is 30.7 Å². The third-order valence-electron chi connectivity index (χ3n) is 1.65. The summed E-state index contributed by atoms with van der Waals surface area (Å²) in [6.45, 7) is 7.29. The van der Waals surface area contributed by atoms with Crippen LogP contribution in [0.25, 0.3) is 0 Å². The van der Waals surface area contributed by atoms with Crippen LogP contribution in [0.3, 0.4) is 0 Å². The smallest absolute Gasteiger partial charge is 0.0940 e. The molecule has 0 amide bonds. The zero-order valence-corrected chi connectivity index (χ0v) is 8.74. The Morgan fingerprint density at radius 2 is 2.17 bits per heavy atom. The lowest BCUT2D eigenvalue weighted by molar-refractivity contribution is 0.602. The molecule has 12 heavy (non-hydrogen) atoms. The van der Waals surface area contributed by atoms with Gasteiger partial charge in [0.2, 0.25) is 0 Å². The fraction of sp³-hybridized carbons (Fsp3) is 0.667. The van der Waals surface area contributed by atoms with Crippen molar-refractivity contribution in [2.45, 2.75) is 32.6 Å². The lowest BCUT2D eigenvalue weighted by Crippen LogP contribution is -2.07. The molecule has 2 nitrogen and oxygen atoms in total. The van der Waals surface area contributed by atoms with E-state index >= 15 is 0 Å². The molecular formula is C9H16N2S. The average Bonchev–Trinajstić information content (AvgIpc) is 2.35. The normalized spacial score (nSPS) is 12.0. The molecular weight excluding hydrogens is 168 g/mol. The highest BCUT2D eigenvalue weighted by Crippen LogP contribution is 2.27. The molecule has 0 saturated carbocycles. The Kier molecular flexibility index (Phi) is 2.85. The summed E-state index contributed by atoms with van der Waals surface area (Å²) in [5.74, 6) is 0. The van der Waals surface area contributed by atoms with Gasteiger partial charge in [0.1, 0.15) is 0 Å². The van der Waals surface area contributed by atoms with Crippen LogP contribution in [0.2, 0.25) is 0 Å². The Morgan fingerprint density at radius 3 is 2.58 bits per heavy atom. The van der Waals surface area contributed by atoms with Gasteiger partial charge >= 0.3 is 0 Å². The topological polar surface area (TPSA) is 38.9 Å². The summed E-state index contributed by atoms with van der Waals surface area (Å²) in [4.78, 5) is 5.65. The van der Waals surface area contributed by atoms with Gasteiger partial charge in [-0.3, -0.25) is 0 Å². The summed E-state index contributed by atoms with van der Waals surface area (Å²) in [5.41, 5.74) is 5.67. The number of aromatic nitrogens is 1. The van der Waals surface area contributed by atoms with Gasteiger partial charge in [-0.05, 0) is 12.0 Å². The number of nitrogens with two attached hydrogens (primary N) is 1. The molecule has 0 radical (unpaired) electrons. The maximum atomic E-state index is 5.45. The number of nitrogens with zero attached hydrogens (tertiary/aromatic N) is 1. The van der Waals surface area contributed by atoms with E-state index in [0.29, 0.717) is 6.54 Å². The summed E-state index contributed by atoms with van der Waals surface area (Å²) in [5, 5.41) is 1.16. The van der Waals surface area contributed by atoms with E-state index in [1.165, 1.54) is 4.88 Å². The zero-order valence-electron chi connectivity index (χ0n) is 7.92. The van der Waals surface area contributed by atoms with Crippen LogP contribution in [0.4, 0.5) is 0 Å². The largest absolute Gasteiger partial charge is 0.330 e. The Balaban J connectivity index is 2.77. The van der Waals surface area contributed by atoms with E-state index < -0.39 is 0 Å². The second-order valence-corrected chi connectivity index (χ2v) is 5.02. The molecule has 0 fully saturated rings. The van der Waals surface area contributed by atoms with Crippen LogP contribution in [0, 0.1) is 0 Å². The highest BCUT2D eigenvalue weighted by atomic mass is 32.1. The minimum atomic E-state index is 0.227. The van der Waals surface area contributed by atoms with E-state index in [1.54, 1.807) is 11.3 Å². The molecule has 3 heteroatoms. The van der Waals surface area contributed by atoms with Crippen molar-refractivity contribution in [3.63, 3.8) is 0 Å². The lowest BCUT2D eigenvalue weighted by Gasteiger charge is -2.14. The van der Waals surface area contributed by atoms with E-state index in [-0.39, 0.29) is 5.41 Å². The van der Waals surface area contributed by atoms with Gasteiger partial charge in [-0.15, -0.1) is 11.3 Å². The molecule has 0 bridgehead atoms. The first-order valence-corrected chi connectivity index (χ1v) is 5.01. The van der Waals surface area contributed by atoms with Crippen LogP contribution < -0.4 is 5.73 Å². The van der Waals surface area contributed by atoms with Crippen molar-refractivity contribution in [2.75, 3.05) is 6.54 Å². The molecule has 2 N–H and O–H groups in total. The van der Waals surface area contributed by atoms with E-state index in [9.17, 15) is 0 Å². The van der Waals surface area contributed by atoms with Crippen LogP contribution in [-0.4, -0.2) is 11.5 Å². The molecule has 1 aromatic heterocycles. The summed E-state index contributed by atoms with van der Waals surface area (Å²) in [6.07, 6.45) is 2.87. The lowest BCUT2D eigenvalue weighted by atomic mass is 9.96.